The Morgan fingerprint density at radius 3 is 2.39 bits per heavy atom. The van der Waals surface area contributed by atoms with Gasteiger partial charge in [0.15, 0.2) is 0 Å². The van der Waals surface area contributed by atoms with Crippen molar-refractivity contribution in [1.29, 1.82) is 0 Å². The predicted octanol–water partition coefficient (Wildman–Crippen LogP) is 4.54. The second-order valence-electron chi connectivity index (χ2n) is 12.0. The van der Waals surface area contributed by atoms with Crippen molar-refractivity contribution >= 4 is 35.2 Å². The Labute approximate surface area is 264 Å². The standard InChI is InChI=1S/C35H43N3O5S/c1-6-18-36(21-24-12-10-9-11-13-24)32(40)29-28-20-23(4)35(44-28)30(29)33(41)38(25(8-3)22-39)31(35)34(42)37(19-7-2)26-14-16-27(43-5)17-15-26/h6-7,9-17,23,25,28-31,39H,1-2,8,18-22H2,3-5H3/t23?,25-,28-,29+,30-,31?,35?/m0/s1. The third-order valence-electron chi connectivity index (χ3n) is 9.62. The molecule has 8 nitrogen and oxygen atoms in total. The smallest absolute Gasteiger partial charge is 0.251 e. The molecule has 3 aliphatic rings. The lowest BCUT2D eigenvalue weighted by molar-refractivity contribution is -0.146. The van der Waals surface area contributed by atoms with Gasteiger partial charge in [-0.15, -0.1) is 24.9 Å². The first-order chi connectivity index (χ1) is 21.3. The number of likely N-dealkylation sites (tertiary alicyclic amines) is 1. The number of methoxy groups -OCH3 is 1. The van der Waals surface area contributed by atoms with Crippen LogP contribution in [0.4, 0.5) is 5.69 Å². The number of ether oxygens (including phenoxy) is 1. The van der Waals surface area contributed by atoms with Gasteiger partial charge in [-0.25, -0.2) is 0 Å². The molecule has 1 spiro atoms. The van der Waals surface area contributed by atoms with Crippen LogP contribution in [0.15, 0.2) is 79.9 Å². The van der Waals surface area contributed by atoms with Gasteiger partial charge in [0.1, 0.15) is 11.8 Å². The van der Waals surface area contributed by atoms with Gasteiger partial charge in [-0.3, -0.25) is 14.4 Å². The van der Waals surface area contributed by atoms with E-state index in [-0.39, 0.29) is 42.0 Å². The van der Waals surface area contributed by atoms with E-state index in [0.29, 0.717) is 30.9 Å². The summed E-state index contributed by atoms with van der Waals surface area (Å²) in [5.41, 5.74) is 1.66. The van der Waals surface area contributed by atoms with Crippen molar-refractivity contribution in [3.8, 4) is 5.75 Å². The van der Waals surface area contributed by atoms with Crippen molar-refractivity contribution < 1.29 is 24.2 Å². The van der Waals surface area contributed by atoms with Crippen LogP contribution in [0.1, 0.15) is 32.3 Å². The molecule has 3 heterocycles. The first-order valence-electron chi connectivity index (χ1n) is 15.4. The summed E-state index contributed by atoms with van der Waals surface area (Å²) in [5, 5.41) is 10.4. The molecule has 3 amide bonds. The molecule has 44 heavy (non-hydrogen) atoms. The van der Waals surface area contributed by atoms with Crippen molar-refractivity contribution in [3.63, 3.8) is 0 Å². The van der Waals surface area contributed by atoms with E-state index in [4.69, 9.17) is 4.74 Å². The van der Waals surface area contributed by atoms with Crippen LogP contribution < -0.4 is 9.64 Å². The Balaban J connectivity index is 1.58. The molecule has 0 saturated carbocycles. The highest BCUT2D eigenvalue weighted by atomic mass is 32.2. The number of aliphatic hydroxyl groups is 1. The molecule has 234 valence electrons. The molecule has 3 aliphatic heterocycles. The molecule has 3 unspecified atom stereocenters. The van der Waals surface area contributed by atoms with Crippen molar-refractivity contribution in [1.82, 2.24) is 9.80 Å². The zero-order valence-corrected chi connectivity index (χ0v) is 26.6. The summed E-state index contributed by atoms with van der Waals surface area (Å²) in [6.07, 6.45) is 4.61. The van der Waals surface area contributed by atoms with E-state index in [2.05, 4.69) is 20.1 Å². The third kappa shape index (κ3) is 5.24. The van der Waals surface area contributed by atoms with E-state index < -0.39 is 28.7 Å². The first-order valence-corrected chi connectivity index (χ1v) is 16.3. The van der Waals surface area contributed by atoms with Gasteiger partial charge < -0.3 is 24.5 Å². The lowest BCUT2D eigenvalue weighted by atomic mass is 9.65. The molecule has 1 N–H and O–H groups in total. The van der Waals surface area contributed by atoms with Crippen LogP contribution in [0.2, 0.25) is 0 Å². The Bertz CT molecular complexity index is 1380. The fourth-order valence-electron chi connectivity index (χ4n) is 7.59. The van der Waals surface area contributed by atoms with Crippen LogP contribution in [-0.4, -0.2) is 81.5 Å². The minimum atomic E-state index is -0.844. The quantitative estimate of drug-likeness (QED) is 0.332. The van der Waals surface area contributed by atoms with Gasteiger partial charge in [-0.1, -0.05) is 56.3 Å². The van der Waals surface area contributed by atoms with Gasteiger partial charge in [-0.2, -0.15) is 0 Å². The maximum Gasteiger partial charge on any atom is 0.251 e. The molecule has 3 fully saturated rings. The van der Waals surface area contributed by atoms with Gasteiger partial charge >= 0.3 is 0 Å². The van der Waals surface area contributed by atoms with Crippen molar-refractivity contribution in [2.24, 2.45) is 17.8 Å². The number of amides is 3. The number of rotatable bonds is 13. The molecule has 2 aromatic rings. The number of hydrogen-bond donors (Lipinski definition) is 1. The average Bonchev–Trinajstić information content (AvgIpc) is 3.64. The number of carbonyl (C=O) groups excluding carboxylic acids is 3. The van der Waals surface area contributed by atoms with E-state index in [1.54, 1.807) is 57.9 Å². The zero-order chi connectivity index (χ0) is 31.6. The lowest BCUT2D eigenvalue weighted by Gasteiger charge is -2.42. The van der Waals surface area contributed by atoms with Gasteiger partial charge in [0, 0.05) is 30.6 Å². The van der Waals surface area contributed by atoms with Crippen LogP contribution in [0, 0.1) is 17.8 Å². The molecule has 0 aliphatic carbocycles. The van der Waals surface area contributed by atoms with E-state index in [9.17, 15) is 19.5 Å². The molecule has 2 bridgehead atoms. The maximum absolute atomic E-state index is 14.9. The number of carbonyl (C=O) groups is 3. The van der Waals surface area contributed by atoms with E-state index >= 15 is 0 Å². The highest BCUT2D eigenvalue weighted by Gasteiger charge is 2.77. The summed E-state index contributed by atoms with van der Waals surface area (Å²) in [4.78, 5) is 49.0. The summed E-state index contributed by atoms with van der Waals surface area (Å²) >= 11 is 1.64. The number of nitrogens with zero attached hydrogens (tertiary/aromatic N) is 3. The summed E-state index contributed by atoms with van der Waals surface area (Å²) in [6.45, 7) is 12.6. The average molecular weight is 618 g/mol. The molecular formula is C35H43N3O5S. The van der Waals surface area contributed by atoms with Gasteiger partial charge in [-0.05, 0) is 48.6 Å². The number of anilines is 1. The minimum Gasteiger partial charge on any atom is -0.497 e. The van der Waals surface area contributed by atoms with E-state index in [0.717, 1.165) is 12.0 Å². The Hall–Kier alpha value is -3.56. The topological polar surface area (TPSA) is 90.4 Å². The van der Waals surface area contributed by atoms with Gasteiger partial charge in [0.05, 0.1) is 36.3 Å². The molecule has 0 aromatic heterocycles. The molecule has 2 aromatic carbocycles. The van der Waals surface area contributed by atoms with Gasteiger partial charge in [0.2, 0.25) is 11.8 Å². The fraction of sp³-hybridized carbons (Fsp3) is 0.457. The van der Waals surface area contributed by atoms with E-state index in [1.165, 1.54) is 0 Å². The Morgan fingerprint density at radius 2 is 1.80 bits per heavy atom. The third-order valence-corrected chi connectivity index (χ3v) is 11.7. The molecule has 5 rings (SSSR count). The second kappa shape index (κ2) is 13.2. The Kier molecular flexibility index (Phi) is 9.56. The van der Waals surface area contributed by atoms with E-state index in [1.807, 2.05) is 49.4 Å². The maximum atomic E-state index is 14.9. The van der Waals surface area contributed by atoms with Crippen LogP contribution in [-0.2, 0) is 20.9 Å². The van der Waals surface area contributed by atoms with Crippen molar-refractivity contribution in [3.05, 3.63) is 85.5 Å². The number of fused-ring (bicyclic) bond motifs is 1. The monoisotopic (exact) mass is 617 g/mol. The number of thioether (sulfide) groups is 1. The Morgan fingerprint density at radius 1 is 1.11 bits per heavy atom. The van der Waals surface area contributed by atoms with Crippen LogP contribution in [0.25, 0.3) is 0 Å². The molecular weight excluding hydrogens is 574 g/mol. The normalized spacial score (nSPS) is 27.5. The number of aliphatic hydroxyl groups excluding tert-OH is 1. The summed E-state index contributed by atoms with van der Waals surface area (Å²) in [6, 6.07) is 15.7. The highest BCUT2D eigenvalue weighted by molar-refractivity contribution is 8.02. The molecule has 0 radical (unpaired) electrons. The molecule has 7 atom stereocenters. The largest absolute Gasteiger partial charge is 0.497 e. The summed E-state index contributed by atoms with van der Waals surface area (Å²) < 4.78 is 4.52. The first kappa shape index (κ1) is 31.9. The summed E-state index contributed by atoms with van der Waals surface area (Å²) in [5.74, 6) is -1.09. The van der Waals surface area contributed by atoms with Crippen LogP contribution in [0.3, 0.4) is 0 Å². The number of hydrogen-bond acceptors (Lipinski definition) is 6. The zero-order valence-electron chi connectivity index (χ0n) is 25.8. The molecule has 3 saturated heterocycles. The highest BCUT2D eigenvalue weighted by Crippen LogP contribution is 2.69. The van der Waals surface area contributed by atoms with Gasteiger partial charge in [0.25, 0.3) is 5.91 Å². The second-order valence-corrected chi connectivity index (χ2v) is 13.5. The minimum absolute atomic E-state index is 0.00840. The van der Waals surface area contributed by atoms with Crippen molar-refractivity contribution in [2.75, 3.05) is 31.7 Å². The fourth-order valence-corrected chi connectivity index (χ4v) is 9.99. The summed E-state index contributed by atoms with van der Waals surface area (Å²) in [7, 11) is 1.59. The number of benzene rings is 2. The lowest BCUT2D eigenvalue weighted by Crippen LogP contribution is -2.59. The SMILES string of the molecule is C=CCN(Cc1ccccc1)C(=O)[C@@H]1[C@@H]2CC(C)C3(S2)C(C(=O)N(CC=C)c2ccc(OC)cc2)N([C@@H](CC)CO)C(=O)[C@H]13. The van der Waals surface area contributed by atoms with Crippen molar-refractivity contribution in [2.45, 2.75) is 55.3 Å². The molecule has 9 heteroatoms. The predicted molar refractivity (Wildman–Crippen MR) is 174 cm³/mol. The van der Waals surface area contributed by atoms with Crippen LogP contribution >= 0.6 is 11.8 Å². The van der Waals surface area contributed by atoms with Crippen LogP contribution in [0.5, 0.6) is 5.75 Å².